The molecule has 1 fully saturated rings. The van der Waals surface area contributed by atoms with E-state index in [2.05, 4.69) is 0 Å². The van der Waals surface area contributed by atoms with Gasteiger partial charge in [-0.25, -0.2) is 0 Å². The number of benzene rings is 1. The Bertz CT molecular complexity index is 299. The summed E-state index contributed by atoms with van der Waals surface area (Å²) in [6.45, 7) is 0. The summed E-state index contributed by atoms with van der Waals surface area (Å²) < 4.78 is 0. The Morgan fingerprint density at radius 2 is 1.80 bits per heavy atom. The molecule has 0 radical (unpaired) electrons. The first kappa shape index (κ1) is 10.7. The first-order chi connectivity index (χ1) is 7.29. The summed E-state index contributed by atoms with van der Waals surface area (Å²) in [6, 6.07) is 10.1. The number of rotatable bonds is 2. The van der Waals surface area contributed by atoms with Gasteiger partial charge in [0.2, 0.25) is 0 Å². The molecule has 1 aliphatic carbocycles. The van der Waals surface area contributed by atoms with Crippen molar-refractivity contribution >= 4 is 0 Å². The highest BCUT2D eigenvalue weighted by Crippen LogP contribution is 2.32. The molecule has 15 heavy (non-hydrogen) atoms. The minimum atomic E-state index is -0.214. The molecule has 3 atom stereocenters. The molecule has 0 amide bonds. The van der Waals surface area contributed by atoms with Crippen LogP contribution in [0, 0.1) is 5.92 Å². The van der Waals surface area contributed by atoms with E-state index < -0.39 is 0 Å². The lowest BCUT2D eigenvalue weighted by molar-refractivity contribution is 0.0557. The molecule has 1 aromatic rings. The van der Waals surface area contributed by atoms with Gasteiger partial charge in [0.05, 0.1) is 6.10 Å². The number of hydrogen-bond acceptors (Lipinski definition) is 2. The van der Waals surface area contributed by atoms with Crippen molar-refractivity contribution in [2.45, 2.75) is 37.8 Å². The fraction of sp³-hybridized carbons (Fsp3) is 0.538. The third-order valence-electron chi connectivity index (χ3n) is 3.43. The van der Waals surface area contributed by atoms with Crippen LogP contribution in [0.2, 0.25) is 0 Å². The van der Waals surface area contributed by atoms with E-state index in [1.54, 1.807) is 0 Å². The van der Waals surface area contributed by atoms with Gasteiger partial charge in [-0.15, -0.1) is 0 Å². The molecule has 3 N–H and O–H groups in total. The summed E-state index contributed by atoms with van der Waals surface area (Å²) in [5.74, 6) is 0.237. The maximum absolute atomic E-state index is 9.92. The molecule has 1 aliphatic rings. The Kier molecular flexibility index (Phi) is 3.39. The summed E-state index contributed by atoms with van der Waals surface area (Å²) in [5, 5.41) is 9.92. The number of aliphatic hydroxyl groups is 1. The summed E-state index contributed by atoms with van der Waals surface area (Å²) in [4.78, 5) is 0. The third kappa shape index (κ3) is 2.39. The Hall–Kier alpha value is -0.860. The Morgan fingerprint density at radius 1 is 1.13 bits per heavy atom. The van der Waals surface area contributed by atoms with E-state index in [-0.39, 0.29) is 18.1 Å². The first-order valence-electron chi connectivity index (χ1n) is 5.77. The molecular weight excluding hydrogens is 186 g/mol. The molecule has 2 heteroatoms. The smallest absolute Gasteiger partial charge is 0.0586 e. The predicted molar refractivity (Wildman–Crippen MR) is 61.3 cm³/mol. The Balaban J connectivity index is 2.09. The quantitative estimate of drug-likeness (QED) is 0.777. The average Bonchev–Trinajstić information content (AvgIpc) is 2.30. The highest BCUT2D eigenvalue weighted by atomic mass is 16.3. The van der Waals surface area contributed by atoms with Crippen LogP contribution in [0.3, 0.4) is 0 Å². The maximum atomic E-state index is 9.92. The molecule has 1 saturated carbocycles. The lowest BCUT2D eigenvalue weighted by Gasteiger charge is -2.32. The monoisotopic (exact) mass is 205 g/mol. The van der Waals surface area contributed by atoms with Crippen LogP contribution in [0.15, 0.2) is 30.3 Å². The average molecular weight is 205 g/mol. The summed E-state index contributed by atoms with van der Waals surface area (Å²) >= 11 is 0. The Morgan fingerprint density at radius 3 is 2.47 bits per heavy atom. The van der Waals surface area contributed by atoms with Crippen molar-refractivity contribution in [1.82, 2.24) is 0 Å². The van der Waals surface area contributed by atoms with Gasteiger partial charge in [-0.05, 0) is 18.4 Å². The van der Waals surface area contributed by atoms with E-state index >= 15 is 0 Å². The maximum Gasteiger partial charge on any atom is 0.0586 e. The minimum Gasteiger partial charge on any atom is -0.393 e. The van der Waals surface area contributed by atoms with E-state index in [0.717, 1.165) is 24.8 Å². The van der Waals surface area contributed by atoms with Crippen LogP contribution in [0.25, 0.3) is 0 Å². The van der Waals surface area contributed by atoms with Crippen LogP contribution in [0.5, 0.6) is 0 Å². The van der Waals surface area contributed by atoms with E-state index in [9.17, 15) is 5.11 Å². The van der Waals surface area contributed by atoms with Gasteiger partial charge in [0.25, 0.3) is 0 Å². The second-order valence-corrected chi connectivity index (χ2v) is 4.45. The highest BCUT2D eigenvalue weighted by molar-refractivity contribution is 5.19. The largest absolute Gasteiger partial charge is 0.393 e. The van der Waals surface area contributed by atoms with Crippen LogP contribution in [-0.4, -0.2) is 11.2 Å². The van der Waals surface area contributed by atoms with Crippen molar-refractivity contribution in [3.05, 3.63) is 35.9 Å². The van der Waals surface area contributed by atoms with Gasteiger partial charge in [0.1, 0.15) is 0 Å². The van der Waals surface area contributed by atoms with Crippen LogP contribution in [0.4, 0.5) is 0 Å². The van der Waals surface area contributed by atoms with Gasteiger partial charge in [0, 0.05) is 12.0 Å². The van der Waals surface area contributed by atoms with Crippen LogP contribution in [0.1, 0.15) is 37.3 Å². The molecule has 2 rings (SSSR count). The second kappa shape index (κ2) is 4.77. The molecule has 1 aromatic carbocycles. The van der Waals surface area contributed by atoms with E-state index in [0.29, 0.717) is 0 Å². The van der Waals surface area contributed by atoms with Crippen molar-refractivity contribution < 1.29 is 5.11 Å². The molecular formula is C13H19NO. The molecule has 82 valence electrons. The standard InChI is InChI=1S/C13H19NO/c14-13(10-6-2-1-3-7-10)11-8-4-5-9-12(11)15/h1-3,6-7,11-13,15H,4-5,8-9,14H2. The van der Waals surface area contributed by atoms with Gasteiger partial charge in [-0.2, -0.15) is 0 Å². The Labute approximate surface area is 91.1 Å². The predicted octanol–water partition coefficient (Wildman–Crippen LogP) is 2.24. The molecule has 0 aromatic heterocycles. The molecule has 0 spiro atoms. The van der Waals surface area contributed by atoms with Crippen LogP contribution in [-0.2, 0) is 0 Å². The third-order valence-corrected chi connectivity index (χ3v) is 3.43. The fourth-order valence-corrected chi connectivity index (χ4v) is 2.48. The van der Waals surface area contributed by atoms with Gasteiger partial charge >= 0.3 is 0 Å². The number of hydrogen-bond donors (Lipinski definition) is 2. The topological polar surface area (TPSA) is 46.2 Å². The van der Waals surface area contributed by atoms with Crippen LogP contribution < -0.4 is 5.73 Å². The zero-order valence-corrected chi connectivity index (χ0v) is 8.97. The van der Waals surface area contributed by atoms with Crippen LogP contribution >= 0.6 is 0 Å². The molecule has 0 saturated heterocycles. The summed E-state index contributed by atoms with van der Waals surface area (Å²) in [5.41, 5.74) is 7.34. The number of aliphatic hydroxyl groups excluding tert-OH is 1. The lowest BCUT2D eigenvalue weighted by Crippen LogP contribution is -2.34. The fourth-order valence-electron chi connectivity index (χ4n) is 2.48. The normalized spacial score (nSPS) is 28.7. The lowest BCUT2D eigenvalue weighted by atomic mass is 9.79. The van der Waals surface area contributed by atoms with Crippen molar-refractivity contribution in [2.75, 3.05) is 0 Å². The van der Waals surface area contributed by atoms with Gasteiger partial charge in [0.15, 0.2) is 0 Å². The minimum absolute atomic E-state index is 0.0125. The van der Waals surface area contributed by atoms with Gasteiger partial charge in [-0.3, -0.25) is 0 Å². The van der Waals surface area contributed by atoms with Crippen molar-refractivity contribution in [3.8, 4) is 0 Å². The molecule has 0 heterocycles. The second-order valence-electron chi connectivity index (χ2n) is 4.45. The SMILES string of the molecule is NC(c1ccccc1)C1CCCCC1O. The van der Waals surface area contributed by atoms with Gasteiger partial charge < -0.3 is 10.8 Å². The molecule has 2 nitrogen and oxygen atoms in total. The highest BCUT2D eigenvalue weighted by Gasteiger charge is 2.28. The van der Waals surface area contributed by atoms with E-state index in [4.69, 9.17) is 5.73 Å². The van der Waals surface area contributed by atoms with Gasteiger partial charge in [-0.1, -0.05) is 43.2 Å². The molecule has 0 bridgehead atoms. The van der Waals surface area contributed by atoms with E-state index in [1.807, 2.05) is 30.3 Å². The van der Waals surface area contributed by atoms with Crippen molar-refractivity contribution in [3.63, 3.8) is 0 Å². The van der Waals surface area contributed by atoms with Crippen molar-refractivity contribution in [2.24, 2.45) is 11.7 Å². The van der Waals surface area contributed by atoms with Crippen molar-refractivity contribution in [1.29, 1.82) is 0 Å². The van der Waals surface area contributed by atoms with E-state index in [1.165, 1.54) is 6.42 Å². The zero-order chi connectivity index (χ0) is 10.7. The first-order valence-corrected chi connectivity index (χ1v) is 5.77. The molecule has 0 aliphatic heterocycles. The zero-order valence-electron chi connectivity index (χ0n) is 8.97. The summed E-state index contributed by atoms with van der Waals surface area (Å²) in [6.07, 6.45) is 4.08. The summed E-state index contributed by atoms with van der Waals surface area (Å²) in [7, 11) is 0. The number of nitrogens with two attached hydrogens (primary N) is 1. The molecule has 3 unspecified atom stereocenters.